The summed E-state index contributed by atoms with van der Waals surface area (Å²) in [6, 6.07) is 18.5. The number of rotatable bonds is 4. The Balaban J connectivity index is 1.27. The highest BCUT2D eigenvalue weighted by atomic mass is 16.6. The van der Waals surface area contributed by atoms with E-state index in [4.69, 9.17) is 9.47 Å². The van der Waals surface area contributed by atoms with Gasteiger partial charge < -0.3 is 19.8 Å². The number of para-hydroxylation sites is 1. The average Bonchev–Trinajstić information content (AvgIpc) is 3.71. The van der Waals surface area contributed by atoms with Gasteiger partial charge in [-0.1, -0.05) is 37.3 Å². The molecule has 1 spiro atoms. The highest BCUT2D eigenvalue weighted by Crippen LogP contribution is 2.54. The van der Waals surface area contributed by atoms with Crippen LogP contribution in [0.2, 0.25) is 0 Å². The Kier molecular flexibility index (Phi) is 5.12. The first-order valence-corrected chi connectivity index (χ1v) is 14.0. The fraction of sp³-hybridized carbons (Fsp3) is 0.281. The van der Waals surface area contributed by atoms with E-state index < -0.39 is 29.3 Å². The molecule has 0 radical (unpaired) electrons. The predicted octanol–water partition coefficient (Wildman–Crippen LogP) is 3.67. The summed E-state index contributed by atoms with van der Waals surface area (Å²) < 4.78 is 11.4. The molecule has 3 N–H and O–H groups in total. The molecule has 4 aromatic rings. The third-order valence-corrected chi connectivity index (χ3v) is 9.09. The molecule has 4 aliphatic heterocycles. The summed E-state index contributed by atoms with van der Waals surface area (Å²) in [6.45, 7) is 2.88. The van der Waals surface area contributed by atoms with E-state index in [1.54, 1.807) is 18.2 Å². The molecule has 3 amide bonds. The number of ether oxygens (including phenoxy) is 2. The van der Waals surface area contributed by atoms with E-state index in [1.165, 1.54) is 4.90 Å². The molecule has 5 heterocycles. The SMILES string of the molecule is CCc1ccc2c(c1)[C@@]1(N[C@H](Cc3c[nH]c4ccccc34)[C@H]3C(=O)N(c4ccc5c(c4)OCCO5)C(=O)[C@H]31)C(=O)N2. The number of carbonyl (C=O) groups excluding carboxylic acids is 3. The third-order valence-electron chi connectivity index (χ3n) is 9.09. The molecule has 2 saturated heterocycles. The lowest BCUT2D eigenvalue weighted by Crippen LogP contribution is -2.53. The predicted molar refractivity (Wildman–Crippen MR) is 152 cm³/mol. The van der Waals surface area contributed by atoms with E-state index in [-0.39, 0.29) is 11.8 Å². The number of amides is 3. The summed E-state index contributed by atoms with van der Waals surface area (Å²) in [4.78, 5) is 47.2. The lowest BCUT2D eigenvalue weighted by molar-refractivity contribution is -0.130. The van der Waals surface area contributed by atoms with E-state index >= 15 is 0 Å². The molecular formula is C32H28N4O5. The minimum absolute atomic E-state index is 0.303. The zero-order valence-electron chi connectivity index (χ0n) is 22.4. The van der Waals surface area contributed by atoms with Gasteiger partial charge in [-0.2, -0.15) is 0 Å². The first kappa shape index (κ1) is 24.2. The Hall–Kier alpha value is -4.63. The summed E-state index contributed by atoms with van der Waals surface area (Å²) in [5, 5.41) is 7.63. The molecule has 2 fully saturated rings. The summed E-state index contributed by atoms with van der Waals surface area (Å²) in [6.07, 6.45) is 3.20. The van der Waals surface area contributed by atoms with Crippen molar-refractivity contribution >= 4 is 40.0 Å². The van der Waals surface area contributed by atoms with E-state index in [9.17, 15) is 14.4 Å². The Morgan fingerprint density at radius 1 is 0.951 bits per heavy atom. The number of H-pyrrole nitrogens is 1. The highest BCUT2D eigenvalue weighted by molar-refractivity contribution is 6.26. The highest BCUT2D eigenvalue weighted by Gasteiger charge is 2.70. The van der Waals surface area contributed by atoms with Crippen molar-refractivity contribution in [3.05, 3.63) is 83.6 Å². The smallest absolute Gasteiger partial charge is 0.250 e. The van der Waals surface area contributed by atoms with Crippen LogP contribution >= 0.6 is 0 Å². The van der Waals surface area contributed by atoms with Crippen LogP contribution in [0.5, 0.6) is 11.5 Å². The van der Waals surface area contributed by atoms with Gasteiger partial charge >= 0.3 is 0 Å². The number of imide groups is 1. The van der Waals surface area contributed by atoms with Crippen molar-refractivity contribution in [1.82, 2.24) is 10.3 Å². The van der Waals surface area contributed by atoms with E-state index in [1.807, 2.05) is 48.7 Å². The molecule has 3 aromatic carbocycles. The molecule has 8 rings (SSSR count). The standard InChI is InChI=1S/C32H28N4O5/c1-2-17-7-9-23-21(13-17)32(31(39)34-23)28-27(24(35-32)14-18-16-33-22-6-4-3-5-20(18)22)29(37)36(30(28)38)19-8-10-25-26(15-19)41-12-11-40-25/h3-10,13,15-16,24,27-28,33,35H,2,11-12,14H2,1H3,(H,34,39)/t24-,27-,28+,32+/m1/s1. The van der Waals surface area contributed by atoms with Crippen molar-refractivity contribution in [2.24, 2.45) is 11.8 Å². The number of anilines is 2. The van der Waals surface area contributed by atoms with Gasteiger partial charge in [0.1, 0.15) is 18.8 Å². The molecule has 9 nitrogen and oxygen atoms in total. The Bertz CT molecular complexity index is 1780. The first-order chi connectivity index (χ1) is 20.0. The maximum atomic E-state index is 14.4. The number of benzene rings is 3. The average molecular weight is 549 g/mol. The number of aromatic nitrogens is 1. The topological polar surface area (TPSA) is 113 Å². The lowest BCUT2D eigenvalue weighted by atomic mass is 9.76. The van der Waals surface area contributed by atoms with Gasteiger partial charge in [-0.05, 0) is 48.2 Å². The second-order valence-corrected chi connectivity index (χ2v) is 11.2. The Morgan fingerprint density at radius 3 is 2.63 bits per heavy atom. The van der Waals surface area contributed by atoms with E-state index in [0.717, 1.165) is 34.0 Å². The first-order valence-electron chi connectivity index (χ1n) is 14.0. The van der Waals surface area contributed by atoms with Crippen molar-refractivity contribution in [3.8, 4) is 11.5 Å². The maximum Gasteiger partial charge on any atom is 0.250 e. The van der Waals surface area contributed by atoms with Gasteiger partial charge in [0.15, 0.2) is 11.5 Å². The summed E-state index contributed by atoms with van der Waals surface area (Å²) >= 11 is 0. The number of aromatic amines is 1. The van der Waals surface area contributed by atoms with Gasteiger partial charge in [-0.3, -0.25) is 19.7 Å². The van der Waals surface area contributed by atoms with Gasteiger partial charge in [-0.15, -0.1) is 0 Å². The second kappa shape index (κ2) is 8.68. The quantitative estimate of drug-likeness (QED) is 0.336. The fourth-order valence-electron chi connectivity index (χ4n) is 7.21. The Labute approximate surface area is 235 Å². The van der Waals surface area contributed by atoms with Crippen LogP contribution in [-0.2, 0) is 32.8 Å². The minimum atomic E-state index is -1.36. The van der Waals surface area contributed by atoms with Crippen LogP contribution < -0.4 is 25.0 Å². The zero-order valence-corrected chi connectivity index (χ0v) is 22.4. The molecule has 206 valence electrons. The number of carbonyl (C=O) groups is 3. The van der Waals surface area contributed by atoms with Gasteiger partial charge in [-0.25, -0.2) is 4.90 Å². The van der Waals surface area contributed by atoms with Crippen molar-refractivity contribution in [1.29, 1.82) is 0 Å². The van der Waals surface area contributed by atoms with Crippen LogP contribution in [-0.4, -0.2) is 42.0 Å². The Morgan fingerprint density at radius 2 is 1.78 bits per heavy atom. The van der Waals surface area contributed by atoms with Gasteiger partial charge in [0.25, 0.3) is 0 Å². The molecule has 0 saturated carbocycles. The summed E-state index contributed by atoms with van der Waals surface area (Å²) in [7, 11) is 0. The second-order valence-electron chi connectivity index (χ2n) is 11.2. The van der Waals surface area contributed by atoms with Crippen LogP contribution in [0.25, 0.3) is 10.9 Å². The van der Waals surface area contributed by atoms with Crippen LogP contribution in [0.1, 0.15) is 23.6 Å². The van der Waals surface area contributed by atoms with Gasteiger partial charge in [0.2, 0.25) is 17.7 Å². The number of hydrogen-bond acceptors (Lipinski definition) is 6. The number of hydrogen-bond donors (Lipinski definition) is 3. The lowest BCUT2D eigenvalue weighted by Gasteiger charge is -2.30. The van der Waals surface area contributed by atoms with Crippen LogP contribution in [0.4, 0.5) is 11.4 Å². The van der Waals surface area contributed by atoms with Crippen LogP contribution in [0.15, 0.2) is 66.9 Å². The minimum Gasteiger partial charge on any atom is -0.486 e. The van der Waals surface area contributed by atoms with Gasteiger partial charge in [0, 0.05) is 40.5 Å². The van der Waals surface area contributed by atoms with E-state index in [0.29, 0.717) is 42.5 Å². The van der Waals surface area contributed by atoms with Crippen LogP contribution in [0, 0.1) is 11.8 Å². The molecule has 4 atom stereocenters. The number of nitrogens with zero attached hydrogens (tertiary/aromatic N) is 1. The van der Waals surface area contributed by atoms with Gasteiger partial charge in [0.05, 0.1) is 17.5 Å². The monoisotopic (exact) mass is 548 g/mol. The van der Waals surface area contributed by atoms with E-state index in [2.05, 4.69) is 22.5 Å². The largest absolute Gasteiger partial charge is 0.486 e. The molecule has 1 aromatic heterocycles. The zero-order chi connectivity index (χ0) is 27.9. The molecule has 0 aliphatic carbocycles. The molecule has 0 unspecified atom stereocenters. The van der Waals surface area contributed by atoms with Crippen molar-refractivity contribution < 1.29 is 23.9 Å². The van der Waals surface area contributed by atoms with Crippen LogP contribution in [0.3, 0.4) is 0 Å². The summed E-state index contributed by atoms with van der Waals surface area (Å²) in [5.41, 5.74) is 3.52. The molecule has 41 heavy (non-hydrogen) atoms. The number of nitrogens with one attached hydrogen (secondary N) is 3. The normalized spacial score (nSPS) is 26.1. The van der Waals surface area contributed by atoms with Crippen molar-refractivity contribution in [2.75, 3.05) is 23.4 Å². The third kappa shape index (κ3) is 3.29. The fourth-order valence-corrected chi connectivity index (χ4v) is 7.21. The van der Waals surface area contributed by atoms with Crippen molar-refractivity contribution in [2.45, 2.75) is 31.3 Å². The van der Waals surface area contributed by atoms with Crippen molar-refractivity contribution in [3.63, 3.8) is 0 Å². The number of fused-ring (bicyclic) bond motifs is 6. The molecule has 4 aliphatic rings. The maximum absolute atomic E-state index is 14.4. The number of aryl methyl sites for hydroxylation is 1. The molecule has 9 heteroatoms. The molecule has 0 bridgehead atoms. The summed E-state index contributed by atoms with van der Waals surface area (Å²) in [5.74, 6) is -1.60. The molecular weight excluding hydrogens is 520 g/mol.